The maximum atomic E-state index is 12.2. The van der Waals surface area contributed by atoms with Crippen LogP contribution < -0.4 is 0 Å². The summed E-state index contributed by atoms with van der Waals surface area (Å²) in [6.07, 6.45) is 1.31. The Hall–Kier alpha value is -1.80. The molecule has 0 bridgehead atoms. The van der Waals surface area contributed by atoms with Crippen LogP contribution in [0, 0.1) is 13.8 Å². The number of rotatable bonds is 5. The predicted molar refractivity (Wildman–Crippen MR) is 87.8 cm³/mol. The fourth-order valence-corrected chi connectivity index (χ4v) is 2.46. The van der Waals surface area contributed by atoms with Crippen LogP contribution in [0.5, 0.6) is 0 Å². The highest BCUT2D eigenvalue weighted by atomic mass is 32.1. The lowest BCUT2D eigenvalue weighted by Gasteiger charge is -2.05. The van der Waals surface area contributed by atoms with Gasteiger partial charge in [0.15, 0.2) is 5.78 Å². The Morgan fingerprint density at radius 3 is 2.20 bits per heavy atom. The van der Waals surface area contributed by atoms with Crippen molar-refractivity contribution in [3.05, 3.63) is 70.3 Å². The number of benzene rings is 2. The van der Waals surface area contributed by atoms with Gasteiger partial charge in [0.05, 0.1) is 0 Å². The molecule has 0 atom stereocenters. The summed E-state index contributed by atoms with van der Waals surface area (Å²) in [5.74, 6) is 0.204. The Labute approximate surface area is 125 Å². The van der Waals surface area contributed by atoms with Crippen LogP contribution in [0.1, 0.15) is 39.0 Å². The smallest absolute Gasteiger partial charge is 0.163 e. The lowest BCUT2D eigenvalue weighted by molar-refractivity contribution is 0.0982. The number of hydrogen-bond donors (Lipinski definition) is 0. The fraction of sp³-hybridized carbons (Fsp3) is 0.222. The number of hydrogen-bond acceptors (Lipinski definition) is 2. The molecule has 0 aliphatic heterocycles. The molecule has 0 aliphatic rings. The Bertz CT molecular complexity index is 606. The molecule has 2 aromatic carbocycles. The lowest BCUT2D eigenvalue weighted by Crippen LogP contribution is -2.02. The second-order valence-corrected chi connectivity index (χ2v) is 5.39. The molecule has 0 aromatic heterocycles. The van der Waals surface area contributed by atoms with E-state index >= 15 is 0 Å². The van der Waals surface area contributed by atoms with Crippen LogP contribution in [0.3, 0.4) is 0 Å². The van der Waals surface area contributed by atoms with Crippen LogP contribution >= 0.6 is 12.2 Å². The van der Waals surface area contributed by atoms with Gasteiger partial charge in [0, 0.05) is 17.4 Å². The number of carbonyl (C=O) groups excluding carboxylic acids is 1. The van der Waals surface area contributed by atoms with Crippen LogP contribution in [-0.4, -0.2) is 11.2 Å². The summed E-state index contributed by atoms with van der Waals surface area (Å²) >= 11 is 4.88. The minimum Gasteiger partial charge on any atom is -0.294 e. The van der Waals surface area contributed by atoms with E-state index in [2.05, 4.69) is 6.07 Å². The molecule has 20 heavy (non-hydrogen) atoms. The molecule has 0 heterocycles. The van der Waals surface area contributed by atoms with Crippen LogP contribution in [-0.2, 0) is 6.42 Å². The standard InChI is InChI=1S/C18H18OS/c1-13-9-14(2)11-17(10-13)18(19)8-7-15-3-5-16(12-20)6-4-15/h3-6,9-12H,7-8H2,1-2H3. The second-order valence-electron chi connectivity index (χ2n) is 5.16. The summed E-state index contributed by atoms with van der Waals surface area (Å²) in [4.78, 5) is 12.2. The van der Waals surface area contributed by atoms with Crippen LogP contribution in [0.4, 0.5) is 0 Å². The molecule has 0 unspecified atom stereocenters. The van der Waals surface area contributed by atoms with Gasteiger partial charge in [0.1, 0.15) is 0 Å². The summed E-state index contributed by atoms with van der Waals surface area (Å²) in [7, 11) is 0. The molecule has 0 spiro atoms. The molecule has 2 heteroatoms. The van der Waals surface area contributed by atoms with E-state index in [4.69, 9.17) is 12.2 Å². The SMILES string of the molecule is Cc1cc(C)cc(C(=O)CCc2ccc(C=S)cc2)c1. The second kappa shape index (κ2) is 6.58. The number of thiocarbonyl (C=S) groups is 1. The molecule has 2 aromatic rings. The third-order valence-electron chi connectivity index (χ3n) is 3.30. The zero-order valence-electron chi connectivity index (χ0n) is 11.8. The van der Waals surface area contributed by atoms with Crippen molar-refractivity contribution in [1.82, 2.24) is 0 Å². The molecule has 2 rings (SSSR count). The molecule has 0 aliphatic carbocycles. The lowest BCUT2D eigenvalue weighted by atomic mass is 9.99. The van der Waals surface area contributed by atoms with Crippen molar-refractivity contribution in [2.24, 2.45) is 0 Å². The summed E-state index contributed by atoms with van der Waals surface area (Å²) in [5.41, 5.74) is 5.29. The molecule has 0 saturated heterocycles. The molecule has 102 valence electrons. The van der Waals surface area contributed by atoms with E-state index in [-0.39, 0.29) is 5.78 Å². The molecule has 1 nitrogen and oxygen atoms in total. The van der Waals surface area contributed by atoms with Gasteiger partial charge >= 0.3 is 0 Å². The first-order chi connectivity index (χ1) is 9.58. The first-order valence-corrected chi connectivity index (χ1v) is 7.21. The quantitative estimate of drug-likeness (QED) is 0.594. The van der Waals surface area contributed by atoms with Crippen molar-refractivity contribution in [3.63, 3.8) is 0 Å². The van der Waals surface area contributed by atoms with Crippen molar-refractivity contribution in [1.29, 1.82) is 0 Å². The van der Waals surface area contributed by atoms with Gasteiger partial charge in [-0.3, -0.25) is 4.79 Å². The largest absolute Gasteiger partial charge is 0.294 e. The Balaban J connectivity index is 2.02. The van der Waals surface area contributed by atoms with Crippen molar-refractivity contribution in [2.45, 2.75) is 26.7 Å². The van der Waals surface area contributed by atoms with Crippen LogP contribution in [0.15, 0.2) is 42.5 Å². The topological polar surface area (TPSA) is 17.1 Å². The number of carbonyl (C=O) groups is 1. The molecule has 0 saturated carbocycles. The van der Waals surface area contributed by atoms with Gasteiger partial charge in [-0.1, -0.05) is 53.7 Å². The maximum Gasteiger partial charge on any atom is 0.163 e. The van der Waals surface area contributed by atoms with Crippen molar-refractivity contribution in [3.8, 4) is 0 Å². The van der Waals surface area contributed by atoms with Gasteiger partial charge in [-0.15, -0.1) is 0 Å². The number of aryl methyl sites for hydroxylation is 3. The van der Waals surface area contributed by atoms with E-state index < -0.39 is 0 Å². The molecule has 0 fully saturated rings. The summed E-state index contributed by atoms with van der Waals surface area (Å²) < 4.78 is 0. The van der Waals surface area contributed by atoms with E-state index in [9.17, 15) is 4.79 Å². The highest BCUT2D eigenvalue weighted by Gasteiger charge is 2.07. The average Bonchev–Trinajstić information content (AvgIpc) is 2.44. The first-order valence-electron chi connectivity index (χ1n) is 6.74. The molecular formula is C18H18OS. The molecular weight excluding hydrogens is 264 g/mol. The Morgan fingerprint density at radius 1 is 1.05 bits per heavy atom. The number of ketones is 1. The van der Waals surface area contributed by atoms with Crippen molar-refractivity contribution < 1.29 is 4.79 Å². The third-order valence-corrected chi connectivity index (χ3v) is 3.57. The highest BCUT2D eigenvalue weighted by Crippen LogP contribution is 2.13. The van der Waals surface area contributed by atoms with Gasteiger partial charge in [-0.2, -0.15) is 0 Å². The van der Waals surface area contributed by atoms with E-state index in [0.717, 1.165) is 28.7 Å². The van der Waals surface area contributed by atoms with E-state index in [1.807, 2.05) is 50.2 Å². The monoisotopic (exact) mass is 282 g/mol. The maximum absolute atomic E-state index is 12.2. The molecule has 0 amide bonds. The van der Waals surface area contributed by atoms with Crippen molar-refractivity contribution in [2.75, 3.05) is 0 Å². The minimum absolute atomic E-state index is 0.204. The normalized spacial score (nSPS) is 10.3. The number of Topliss-reactive ketones (excluding diaryl/α,β-unsaturated/α-hetero) is 1. The van der Waals surface area contributed by atoms with E-state index in [1.165, 1.54) is 5.56 Å². The van der Waals surface area contributed by atoms with Crippen LogP contribution in [0.2, 0.25) is 0 Å². The van der Waals surface area contributed by atoms with Gasteiger partial charge in [0.2, 0.25) is 0 Å². The highest BCUT2D eigenvalue weighted by molar-refractivity contribution is 7.79. The first kappa shape index (κ1) is 14.6. The third kappa shape index (κ3) is 3.84. The summed E-state index contributed by atoms with van der Waals surface area (Å²) in [6, 6.07) is 14.1. The summed E-state index contributed by atoms with van der Waals surface area (Å²) in [6.45, 7) is 4.04. The van der Waals surface area contributed by atoms with E-state index in [1.54, 1.807) is 5.37 Å². The minimum atomic E-state index is 0.204. The Morgan fingerprint density at radius 2 is 1.65 bits per heavy atom. The van der Waals surface area contributed by atoms with Gasteiger partial charge in [-0.05, 0) is 43.5 Å². The summed E-state index contributed by atoms with van der Waals surface area (Å²) in [5, 5.41) is 1.66. The average molecular weight is 282 g/mol. The fourth-order valence-electron chi connectivity index (χ4n) is 2.30. The zero-order chi connectivity index (χ0) is 14.5. The molecule has 0 N–H and O–H groups in total. The Kier molecular flexibility index (Phi) is 4.80. The van der Waals surface area contributed by atoms with Crippen molar-refractivity contribution >= 4 is 23.4 Å². The van der Waals surface area contributed by atoms with E-state index in [0.29, 0.717) is 6.42 Å². The predicted octanol–water partition coefficient (Wildman–Crippen LogP) is 4.47. The van der Waals surface area contributed by atoms with Crippen LogP contribution in [0.25, 0.3) is 0 Å². The van der Waals surface area contributed by atoms with Gasteiger partial charge in [-0.25, -0.2) is 0 Å². The van der Waals surface area contributed by atoms with Gasteiger partial charge in [0.25, 0.3) is 0 Å². The zero-order valence-corrected chi connectivity index (χ0v) is 12.7. The van der Waals surface area contributed by atoms with Gasteiger partial charge < -0.3 is 0 Å². The molecule has 0 radical (unpaired) electrons.